The number of nitrogens with zero attached hydrogens (tertiary/aromatic N) is 1. The molecule has 0 saturated heterocycles. The number of benzene rings is 1. The second-order valence-corrected chi connectivity index (χ2v) is 5.51. The second kappa shape index (κ2) is 5.29. The van der Waals surface area contributed by atoms with Crippen LogP contribution in [0.2, 0.25) is 0 Å². The summed E-state index contributed by atoms with van der Waals surface area (Å²) < 4.78 is 5.91. The summed E-state index contributed by atoms with van der Waals surface area (Å²) in [6.07, 6.45) is 1.01. The predicted molar refractivity (Wildman–Crippen MR) is 82.0 cm³/mol. The maximum atomic E-state index is 10.2. The Morgan fingerprint density at radius 1 is 1.32 bits per heavy atom. The Bertz CT molecular complexity index is 602. The van der Waals surface area contributed by atoms with Crippen LogP contribution in [0.3, 0.4) is 0 Å². The summed E-state index contributed by atoms with van der Waals surface area (Å²) in [6, 6.07) is 6.21. The SMILES string of the molecule is CCc1ccc(-c2c(N(C)C)oc(Br)c2O)cc1C. The molecule has 1 heterocycles. The number of hydrogen-bond donors (Lipinski definition) is 1. The summed E-state index contributed by atoms with van der Waals surface area (Å²) in [5, 5.41) is 10.2. The molecule has 2 rings (SSSR count). The monoisotopic (exact) mass is 323 g/mol. The minimum absolute atomic E-state index is 0.146. The van der Waals surface area contributed by atoms with E-state index < -0.39 is 0 Å². The average molecular weight is 324 g/mol. The first-order valence-corrected chi connectivity index (χ1v) is 7.03. The molecule has 102 valence electrons. The van der Waals surface area contributed by atoms with Crippen LogP contribution in [0.15, 0.2) is 27.3 Å². The lowest BCUT2D eigenvalue weighted by Crippen LogP contribution is -2.08. The van der Waals surface area contributed by atoms with E-state index >= 15 is 0 Å². The molecular weight excluding hydrogens is 306 g/mol. The zero-order valence-electron chi connectivity index (χ0n) is 11.6. The van der Waals surface area contributed by atoms with Gasteiger partial charge in [-0.3, -0.25) is 0 Å². The van der Waals surface area contributed by atoms with Crippen molar-refractivity contribution in [2.45, 2.75) is 20.3 Å². The highest BCUT2D eigenvalue weighted by Gasteiger charge is 2.21. The van der Waals surface area contributed by atoms with Crippen LogP contribution in [0.5, 0.6) is 5.75 Å². The van der Waals surface area contributed by atoms with E-state index in [2.05, 4.69) is 41.9 Å². The maximum Gasteiger partial charge on any atom is 0.214 e. The van der Waals surface area contributed by atoms with Crippen LogP contribution in [0.4, 0.5) is 5.88 Å². The summed E-state index contributed by atoms with van der Waals surface area (Å²) in [6.45, 7) is 4.23. The quantitative estimate of drug-likeness (QED) is 0.912. The van der Waals surface area contributed by atoms with Crippen LogP contribution >= 0.6 is 15.9 Å². The molecule has 0 aliphatic rings. The molecule has 0 fully saturated rings. The molecule has 1 N–H and O–H groups in total. The van der Waals surface area contributed by atoms with Crippen LogP contribution in [-0.4, -0.2) is 19.2 Å². The topological polar surface area (TPSA) is 36.6 Å². The normalized spacial score (nSPS) is 10.8. The molecule has 2 aromatic rings. The Morgan fingerprint density at radius 3 is 2.53 bits per heavy atom. The fraction of sp³-hybridized carbons (Fsp3) is 0.333. The van der Waals surface area contributed by atoms with E-state index in [9.17, 15) is 5.11 Å². The van der Waals surface area contributed by atoms with Crippen molar-refractivity contribution in [3.05, 3.63) is 34.0 Å². The van der Waals surface area contributed by atoms with Gasteiger partial charge in [0.15, 0.2) is 5.75 Å². The van der Waals surface area contributed by atoms with E-state index in [0.29, 0.717) is 10.6 Å². The molecule has 3 nitrogen and oxygen atoms in total. The largest absolute Gasteiger partial charge is 0.503 e. The van der Waals surface area contributed by atoms with Gasteiger partial charge in [0.1, 0.15) is 0 Å². The van der Waals surface area contributed by atoms with Gasteiger partial charge in [-0.25, -0.2) is 0 Å². The summed E-state index contributed by atoms with van der Waals surface area (Å²) in [4.78, 5) is 1.85. The maximum absolute atomic E-state index is 10.2. The molecule has 0 saturated carbocycles. The van der Waals surface area contributed by atoms with Crippen LogP contribution < -0.4 is 4.90 Å². The van der Waals surface area contributed by atoms with Crippen LogP contribution in [0.1, 0.15) is 18.1 Å². The van der Waals surface area contributed by atoms with Gasteiger partial charge in [-0.2, -0.15) is 0 Å². The summed E-state index contributed by atoms with van der Waals surface area (Å²) in [5.74, 6) is 0.792. The summed E-state index contributed by atoms with van der Waals surface area (Å²) >= 11 is 3.24. The fourth-order valence-corrected chi connectivity index (χ4v) is 2.56. The molecule has 19 heavy (non-hydrogen) atoms. The first-order chi connectivity index (χ1) is 8.95. The smallest absolute Gasteiger partial charge is 0.214 e. The number of aromatic hydroxyl groups is 1. The molecule has 0 radical (unpaired) electrons. The van der Waals surface area contributed by atoms with Crippen molar-refractivity contribution in [2.75, 3.05) is 19.0 Å². The third-order valence-electron chi connectivity index (χ3n) is 3.24. The summed E-state index contributed by atoms with van der Waals surface area (Å²) in [5.41, 5.74) is 4.23. The van der Waals surface area contributed by atoms with Crippen molar-refractivity contribution in [1.29, 1.82) is 0 Å². The number of rotatable bonds is 3. The second-order valence-electron chi connectivity index (χ2n) is 4.79. The van der Waals surface area contributed by atoms with Gasteiger partial charge in [0.2, 0.25) is 10.6 Å². The lowest BCUT2D eigenvalue weighted by molar-refractivity contribution is 0.447. The number of hydrogen-bond acceptors (Lipinski definition) is 3. The van der Waals surface area contributed by atoms with E-state index in [-0.39, 0.29) is 5.75 Å². The number of anilines is 1. The Morgan fingerprint density at radius 2 is 2.00 bits per heavy atom. The third-order valence-corrected chi connectivity index (χ3v) is 3.78. The minimum atomic E-state index is 0.146. The zero-order chi connectivity index (χ0) is 14.2. The molecule has 0 unspecified atom stereocenters. The van der Waals surface area contributed by atoms with Gasteiger partial charge < -0.3 is 14.4 Å². The van der Waals surface area contributed by atoms with E-state index in [1.807, 2.05) is 25.1 Å². The Hall–Kier alpha value is -1.42. The first-order valence-electron chi connectivity index (χ1n) is 6.24. The van der Waals surface area contributed by atoms with Crippen molar-refractivity contribution in [3.63, 3.8) is 0 Å². The molecule has 0 aliphatic heterocycles. The highest BCUT2D eigenvalue weighted by atomic mass is 79.9. The molecule has 4 heteroatoms. The van der Waals surface area contributed by atoms with Crippen molar-refractivity contribution >= 4 is 21.8 Å². The number of furan rings is 1. The van der Waals surface area contributed by atoms with Gasteiger partial charge >= 0.3 is 0 Å². The summed E-state index contributed by atoms with van der Waals surface area (Å²) in [7, 11) is 3.78. The van der Waals surface area contributed by atoms with Gasteiger partial charge in [-0.1, -0.05) is 25.1 Å². The van der Waals surface area contributed by atoms with E-state index in [0.717, 1.165) is 17.5 Å². The van der Waals surface area contributed by atoms with Crippen molar-refractivity contribution in [1.82, 2.24) is 0 Å². The molecule has 0 spiro atoms. The fourth-order valence-electron chi connectivity index (χ4n) is 2.21. The lowest BCUT2D eigenvalue weighted by Gasteiger charge is -2.12. The molecule has 1 aromatic heterocycles. The molecule has 1 aromatic carbocycles. The molecular formula is C15H18BrNO2. The van der Waals surface area contributed by atoms with Crippen molar-refractivity contribution < 1.29 is 9.52 Å². The predicted octanol–water partition coefficient (Wildman–Crippen LogP) is 4.35. The van der Waals surface area contributed by atoms with E-state index in [4.69, 9.17) is 4.42 Å². The van der Waals surface area contributed by atoms with Gasteiger partial charge in [0.05, 0.1) is 5.56 Å². The van der Waals surface area contributed by atoms with Crippen molar-refractivity contribution in [2.24, 2.45) is 0 Å². The Balaban J connectivity index is 2.61. The average Bonchev–Trinajstić information content (AvgIpc) is 2.66. The minimum Gasteiger partial charge on any atom is -0.503 e. The van der Waals surface area contributed by atoms with Gasteiger partial charge in [-0.15, -0.1) is 0 Å². The third kappa shape index (κ3) is 2.50. The van der Waals surface area contributed by atoms with E-state index in [1.54, 1.807) is 0 Å². The lowest BCUT2D eigenvalue weighted by atomic mass is 9.99. The van der Waals surface area contributed by atoms with Crippen LogP contribution in [-0.2, 0) is 6.42 Å². The van der Waals surface area contributed by atoms with Gasteiger partial charge in [0, 0.05) is 14.1 Å². The van der Waals surface area contributed by atoms with Gasteiger partial charge in [0.25, 0.3) is 0 Å². The number of aryl methyl sites for hydroxylation is 2. The van der Waals surface area contributed by atoms with Crippen molar-refractivity contribution in [3.8, 4) is 16.9 Å². The van der Waals surface area contributed by atoms with Crippen LogP contribution in [0.25, 0.3) is 11.1 Å². The Labute approximate surface area is 122 Å². The first kappa shape index (κ1) is 14.0. The van der Waals surface area contributed by atoms with Gasteiger partial charge in [-0.05, 0) is 46.0 Å². The van der Waals surface area contributed by atoms with E-state index in [1.165, 1.54) is 11.1 Å². The highest BCUT2D eigenvalue weighted by Crippen LogP contribution is 2.45. The zero-order valence-corrected chi connectivity index (χ0v) is 13.2. The molecule has 0 amide bonds. The molecule has 0 atom stereocenters. The standard InChI is InChI=1S/C15H18BrNO2/c1-5-10-6-7-11(8-9(10)2)12-13(18)14(16)19-15(12)17(3)4/h6-8,18H,5H2,1-4H3. The molecule has 0 bridgehead atoms. The van der Waals surface area contributed by atoms with Crippen LogP contribution in [0, 0.1) is 6.92 Å². The Kier molecular flexibility index (Phi) is 3.90. The highest BCUT2D eigenvalue weighted by molar-refractivity contribution is 9.10. The number of halogens is 1. The molecule has 0 aliphatic carbocycles.